The Bertz CT molecular complexity index is 1390. The molecule has 4 rings (SSSR count). The molecule has 0 atom stereocenters. The molecular weight excluding hydrogens is 378 g/mol. The summed E-state index contributed by atoms with van der Waals surface area (Å²) >= 11 is 0. The number of nitrogens with one attached hydrogen (secondary N) is 1. The maximum atomic E-state index is 12.7. The van der Waals surface area contributed by atoms with Gasteiger partial charge in [0, 0.05) is 17.7 Å². The van der Waals surface area contributed by atoms with Crippen molar-refractivity contribution < 1.29 is 18.3 Å². The number of rotatable bonds is 4. The van der Waals surface area contributed by atoms with Crippen LogP contribution in [0.2, 0.25) is 0 Å². The molecule has 0 spiro atoms. The molecule has 0 bridgehead atoms. The third kappa shape index (κ3) is 2.49. The van der Waals surface area contributed by atoms with Crippen LogP contribution in [-0.4, -0.2) is 31.0 Å². The molecule has 1 amide bonds. The second-order valence-corrected chi connectivity index (χ2v) is 8.49. The first-order valence-electron chi connectivity index (χ1n) is 8.80. The molecule has 2 N–H and O–H groups in total. The van der Waals surface area contributed by atoms with E-state index >= 15 is 0 Å². The number of hydrogen-bond donors (Lipinski definition) is 2. The topological polar surface area (TPSA) is 101 Å². The first-order valence-corrected chi connectivity index (χ1v) is 10.3. The average molecular weight is 397 g/mol. The Balaban J connectivity index is 2.15. The summed E-state index contributed by atoms with van der Waals surface area (Å²) in [5, 5.41) is 12.3. The van der Waals surface area contributed by atoms with E-state index in [0.29, 0.717) is 16.1 Å². The van der Waals surface area contributed by atoms with Crippen molar-refractivity contribution >= 4 is 32.4 Å². The molecule has 0 fully saturated rings. The van der Waals surface area contributed by atoms with Crippen LogP contribution in [0.25, 0.3) is 16.5 Å². The molecule has 1 aliphatic rings. The summed E-state index contributed by atoms with van der Waals surface area (Å²) < 4.78 is 28.3. The Morgan fingerprint density at radius 3 is 2.64 bits per heavy atom. The van der Waals surface area contributed by atoms with E-state index in [1.54, 1.807) is 11.6 Å². The summed E-state index contributed by atoms with van der Waals surface area (Å²) in [5.41, 5.74) is 2.46. The summed E-state index contributed by atoms with van der Waals surface area (Å²) in [6, 6.07) is 10.0. The molecule has 7 nitrogen and oxygen atoms in total. The van der Waals surface area contributed by atoms with Crippen molar-refractivity contribution in [1.29, 1.82) is 0 Å². The van der Waals surface area contributed by atoms with Crippen molar-refractivity contribution in [3.8, 4) is 5.88 Å². The Labute approximate surface area is 161 Å². The zero-order chi connectivity index (χ0) is 20.2. The van der Waals surface area contributed by atoms with Crippen LogP contribution in [-0.2, 0) is 28.3 Å². The molecule has 8 heteroatoms. The quantitative estimate of drug-likeness (QED) is 0.677. The SMILES string of the molecule is CCc1cccc2c(C3=c4cc(S(=O)(=O)NC)ccc4=NC3=O)c(O)n(C)c12. The van der Waals surface area contributed by atoms with Gasteiger partial charge in [-0.15, -0.1) is 0 Å². The number of para-hydroxylation sites is 1. The van der Waals surface area contributed by atoms with Crippen LogP contribution in [0, 0.1) is 0 Å². The van der Waals surface area contributed by atoms with Crippen LogP contribution in [0.15, 0.2) is 46.3 Å². The predicted octanol–water partition coefficient (Wildman–Crippen LogP) is 0.713. The van der Waals surface area contributed by atoms with E-state index in [4.69, 9.17) is 0 Å². The number of aromatic nitrogens is 1. The van der Waals surface area contributed by atoms with Crippen molar-refractivity contribution in [3.63, 3.8) is 0 Å². The second-order valence-electron chi connectivity index (χ2n) is 6.60. The van der Waals surface area contributed by atoms with E-state index in [-0.39, 0.29) is 16.3 Å². The van der Waals surface area contributed by atoms with Crippen LogP contribution in [0.1, 0.15) is 18.1 Å². The van der Waals surface area contributed by atoms with Crippen LogP contribution in [0.5, 0.6) is 5.88 Å². The van der Waals surface area contributed by atoms with Gasteiger partial charge in [0.05, 0.1) is 26.9 Å². The van der Waals surface area contributed by atoms with Crippen molar-refractivity contribution in [1.82, 2.24) is 9.29 Å². The van der Waals surface area contributed by atoms with Gasteiger partial charge >= 0.3 is 0 Å². The monoisotopic (exact) mass is 397 g/mol. The molecule has 144 valence electrons. The summed E-state index contributed by atoms with van der Waals surface area (Å²) in [6.45, 7) is 2.02. The summed E-state index contributed by atoms with van der Waals surface area (Å²) in [4.78, 5) is 16.8. The maximum Gasteiger partial charge on any atom is 0.279 e. The molecule has 0 radical (unpaired) electrons. The first kappa shape index (κ1) is 18.4. The van der Waals surface area contributed by atoms with Gasteiger partial charge in [-0.2, -0.15) is 0 Å². The summed E-state index contributed by atoms with van der Waals surface area (Å²) in [6.07, 6.45) is 0.767. The molecule has 2 heterocycles. The molecule has 0 aliphatic carbocycles. The number of nitrogens with zero attached hydrogens (tertiary/aromatic N) is 2. The summed E-state index contributed by atoms with van der Waals surface area (Å²) in [7, 11) is -0.624. The number of hydrogen-bond acceptors (Lipinski definition) is 4. The molecule has 28 heavy (non-hydrogen) atoms. The van der Waals surface area contributed by atoms with E-state index in [0.717, 1.165) is 22.9 Å². The van der Waals surface area contributed by atoms with E-state index in [9.17, 15) is 18.3 Å². The van der Waals surface area contributed by atoms with Crippen molar-refractivity contribution in [2.75, 3.05) is 7.05 Å². The Hall–Kier alpha value is -2.97. The largest absolute Gasteiger partial charge is 0.494 e. The number of sulfonamides is 1. The van der Waals surface area contributed by atoms with E-state index in [1.807, 2.05) is 25.1 Å². The van der Waals surface area contributed by atoms with Gasteiger partial charge in [0.1, 0.15) is 0 Å². The fourth-order valence-electron chi connectivity index (χ4n) is 3.73. The van der Waals surface area contributed by atoms with Crippen molar-refractivity contribution in [3.05, 3.63) is 58.1 Å². The molecule has 1 aliphatic heterocycles. The zero-order valence-electron chi connectivity index (χ0n) is 15.6. The number of amides is 1. The Morgan fingerprint density at radius 1 is 1.21 bits per heavy atom. The van der Waals surface area contributed by atoms with Crippen LogP contribution < -0.4 is 15.3 Å². The number of carbonyl (C=O) groups is 1. The van der Waals surface area contributed by atoms with Gasteiger partial charge in [-0.1, -0.05) is 25.1 Å². The lowest BCUT2D eigenvalue weighted by molar-refractivity contribution is -0.112. The highest BCUT2D eigenvalue weighted by atomic mass is 32.2. The minimum absolute atomic E-state index is 0.0325. The highest BCUT2D eigenvalue weighted by Gasteiger charge is 2.28. The molecular formula is C20H19N3O4S. The molecule has 2 aromatic carbocycles. The van der Waals surface area contributed by atoms with Gasteiger partial charge in [-0.25, -0.2) is 18.1 Å². The van der Waals surface area contributed by atoms with Gasteiger partial charge in [-0.05, 0) is 37.2 Å². The average Bonchev–Trinajstić information content (AvgIpc) is 3.14. The Morgan fingerprint density at radius 2 is 1.96 bits per heavy atom. The van der Waals surface area contributed by atoms with Gasteiger partial charge in [0.15, 0.2) is 5.88 Å². The van der Waals surface area contributed by atoms with E-state index in [1.165, 1.54) is 25.2 Å². The first-order chi connectivity index (χ1) is 13.3. The number of carbonyl (C=O) groups excluding carboxylic acids is 1. The fraction of sp³-hybridized carbons (Fsp3) is 0.200. The third-order valence-electron chi connectivity index (χ3n) is 5.15. The Kier molecular flexibility index (Phi) is 4.13. The lowest BCUT2D eigenvalue weighted by atomic mass is 10.00. The number of benzene rings is 2. The van der Waals surface area contributed by atoms with Crippen molar-refractivity contribution in [2.24, 2.45) is 12.0 Å². The van der Waals surface area contributed by atoms with Crippen molar-refractivity contribution in [2.45, 2.75) is 18.2 Å². The molecule has 1 aromatic heterocycles. The van der Waals surface area contributed by atoms with Gasteiger partial charge in [0.25, 0.3) is 5.91 Å². The fourth-order valence-corrected chi connectivity index (χ4v) is 4.49. The van der Waals surface area contributed by atoms with Crippen LogP contribution in [0.3, 0.4) is 0 Å². The highest BCUT2D eigenvalue weighted by Crippen LogP contribution is 2.37. The molecule has 0 unspecified atom stereocenters. The molecule has 0 saturated carbocycles. The molecule has 0 saturated heterocycles. The minimum Gasteiger partial charge on any atom is -0.494 e. The number of aryl methyl sites for hydroxylation is 2. The van der Waals surface area contributed by atoms with E-state index < -0.39 is 15.9 Å². The third-order valence-corrected chi connectivity index (χ3v) is 6.56. The lowest BCUT2D eigenvalue weighted by Gasteiger charge is -2.03. The maximum absolute atomic E-state index is 12.7. The van der Waals surface area contributed by atoms with Crippen LogP contribution in [0.4, 0.5) is 0 Å². The predicted molar refractivity (Wildman–Crippen MR) is 105 cm³/mol. The standard InChI is InChI=1S/C20H19N3O4S/c1-4-11-6-5-7-13-17(20(25)23(3)18(11)13)16-14-10-12(28(26,27)21-2)8-9-15(14)22-19(16)24/h5-10,21,25H,4H2,1-3H3. The van der Waals surface area contributed by atoms with Gasteiger partial charge < -0.3 is 9.67 Å². The summed E-state index contributed by atoms with van der Waals surface area (Å²) in [5.74, 6) is -0.553. The normalized spacial score (nSPS) is 13.8. The zero-order valence-corrected chi connectivity index (χ0v) is 16.5. The minimum atomic E-state index is -3.68. The smallest absolute Gasteiger partial charge is 0.279 e. The second kappa shape index (κ2) is 6.29. The lowest BCUT2D eigenvalue weighted by Crippen LogP contribution is -2.27. The highest BCUT2D eigenvalue weighted by molar-refractivity contribution is 7.89. The van der Waals surface area contributed by atoms with Crippen LogP contribution >= 0.6 is 0 Å². The van der Waals surface area contributed by atoms with E-state index in [2.05, 4.69) is 9.71 Å². The molecule has 3 aromatic rings. The van der Waals surface area contributed by atoms with Gasteiger partial charge in [-0.3, -0.25) is 4.79 Å². The number of fused-ring (bicyclic) bond motifs is 2. The number of aromatic hydroxyl groups is 1. The van der Waals surface area contributed by atoms with Gasteiger partial charge in [0.2, 0.25) is 10.0 Å².